The minimum atomic E-state index is 0.688. The minimum absolute atomic E-state index is 0.688. The van der Waals surface area contributed by atoms with Crippen LogP contribution in [0.5, 0.6) is 0 Å². The van der Waals surface area contributed by atoms with Gasteiger partial charge in [-0.3, -0.25) is 4.98 Å². The predicted molar refractivity (Wildman–Crippen MR) is 92.1 cm³/mol. The number of anilines is 2. The molecule has 3 heterocycles. The quantitative estimate of drug-likeness (QED) is 0.624. The van der Waals surface area contributed by atoms with E-state index < -0.39 is 0 Å². The Labute approximate surface area is 138 Å². The normalized spacial score (nSPS) is 10.5. The molecule has 1 N–H and O–H groups in total. The van der Waals surface area contributed by atoms with E-state index in [1.54, 1.807) is 24.8 Å². The Kier molecular flexibility index (Phi) is 3.69. The van der Waals surface area contributed by atoms with Gasteiger partial charge in [-0.25, -0.2) is 4.98 Å². The second-order valence-electron chi connectivity index (χ2n) is 5.15. The second kappa shape index (κ2) is 6.29. The number of benzene rings is 1. The molecule has 116 valence electrons. The van der Waals surface area contributed by atoms with Crippen molar-refractivity contribution in [1.82, 2.24) is 25.0 Å². The van der Waals surface area contributed by atoms with Crippen LogP contribution in [0.15, 0.2) is 79.4 Å². The zero-order valence-electron chi connectivity index (χ0n) is 12.7. The summed E-state index contributed by atoms with van der Waals surface area (Å²) in [7, 11) is 0. The number of aromatic nitrogens is 5. The molecule has 1 aromatic carbocycles. The van der Waals surface area contributed by atoms with E-state index >= 15 is 0 Å². The van der Waals surface area contributed by atoms with Gasteiger partial charge in [0.2, 0.25) is 0 Å². The van der Waals surface area contributed by atoms with E-state index in [0.717, 1.165) is 22.6 Å². The van der Waals surface area contributed by atoms with Gasteiger partial charge in [0.25, 0.3) is 0 Å². The van der Waals surface area contributed by atoms with Gasteiger partial charge in [0.15, 0.2) is 5.82 Å². The average Bonchev–Trinajstić information content (AvgIpc) is 3.14. The Bertz CT molecular complexity index is 934. The molecule has 0 aliphatic carbocycles. The van der Waals surface area contributed by atoms with E-state index in [9.17, 15) is 0 Å². The van der Waals surface area contributed by atoms with Crippen molar-refractivity contribution in [2.75, 3.05) is 5.32 Å². The second-order valence-corrected chi connectivity index (χ2v) is 5.15. The highest BCUT2D eigenvalue weighted by Gasteiger charge is 2.06. The van der Waals surface area contributed by atoms with Crippen molar-refractivity contribution < 1.29 is 0 Å². The van der Waals surface area contributed by atoms with Gasteiger partial charge in [0.05, 0.1) is 18.1 Å². The maximum absolute atomic E-state index is 4.50. The van der Waals surface area contributed by atoms with E-state index in [0.29, 0.717) is 5.82 Å². The minimum Gasteiger partial charge on any atom is -0.354 e. The molecule has 0 aliphatic rings. The van der Waals surface area contributed by atoms with Crippen LogP contribution in [0.1, 0.15) is 0 Å². The van der Waals surface area contributed by atoms with Crippen molar-refractivity contribution in [2.24, 2.45) is 0 Å². The lowest BCUT2D eigenvalue weighted by atomic mass is 10.1. The summed E-state index contributed by atoms with van der Waals surface area (Å²) in [5.41, 5.74) is 3.67. The predicted octanol–water partition coefficient (Wildman–Crippen LogP) is 3.47. The summed E-state index contributed by atoms with van der Waals surface area (Å²) in [6.07, 6.45) is 6.98. The first-order valence-corrected chi connectivity index (χ1v) is 7.50. The van der Waals surface area contributed by atoms with Crippen LogP contribution in [0, 0.1) is 0 Å². The van der Waals surface area contributed by atoms with Gasteiger partial charge in [0, 0.05) is 23.6 Å². The van der Waals surface area contributed by atoms with Gasteiger partial charge >= 0.3 is 0 Å². The van der Waals surface area contributed by atoms with E-state index in [4.69, 9.17) is 0 Å². The number of nitrogens with zero attached hydrogens (tertiary/aromatic N) is 5. The van der Waals surface area contributed by atoms with Crippen molar-refractivity contribution in [1.29, 1.82) is 0 Å². The Morgan fingerprint density at radius 2 is 1.79 bits per heavy atom. The number of pyridine rings is 2. The molecule has 4 rings (SSSR count). The van der Waals surface area contributed by atoms with E-state index in [1.807, 2.05) is 54.6 Å². The maximum Gasteiger partial charge on any atom is 0.174 e. The molecule has 0 bridgehead atoms. The zero-order chi connectivity index (χ0) is 16.2. The molecule has 0 radical (unpaired) electrons. The highest BCUT2D eigenvalue weighted by Crippen LogP contribution is 2.23. The maximum atomic E-state index is 4.50. The monoisotopic (exact) mass is 314 g/mol. The van der Waals surface area contributed by atoms with E-state index in [-0.39, 0.29) is 0 Å². The molecule has 3 aromatic heterocycles. The molecule has 0 amide bonds. The molecule has 0 saturated heterocycles. The molecular formula is C18H14N6. The molecular weight excluding hydrogens is 300 g/mol. The fourth-order valence-corrected chi connectivity index (χ4v) is 2.34. The topological polar surface area (TPSA) is 68.5 Å². The van der Waals surface area contributed by atoms with Crippen LogP contribution in [0.25, 0.3) is 17.1 Å². The number of hydrogen-bond acceptors (Lipinski definition) is 5. The standard InChI is InChI=1S/C18H14N6/c1-2-10-20-18(8-1)24-21-13-17(23-24)14-5-3-6-15(11-14)22-16-7-4-9-19-12-16/h1-13,22H. The third kappa shape index (κ3) is 2.98. The molecule has 0 saturated carbocycles. The van der Waals surface area contributed by atoms with Crippen LogP contribution in [0.3, 0.4) is 0 Å². The summed E-state index contributed by atoms with van der Waals surface area (Å²) in [6, 6.07) is 17.5. The molecule has 4 aromatic rings. The summed E-state index contributed by atoms with van der Waals surface area (Å²) in [5, 5.41) is 12.1. The van der Waals surface area contributed by atoms with E-state index in [1.165, 1.54) is 4.80 Å². The SMILES string of the molecule is c1ccc(-n2ncc(-c3cccc(Nc4cccnc4)c3)n2)nc1. The van der Waals surface area contributed by atoms with Gasteiger partial charge in [-0.2, -0.15) is 5.10 Å². The van der Waals surface area contributed by atoms with Crippen LogP contribution in [0.4, 0.5) is 11.4 Å². The Balaban J connectivity index is 1.61. The fraction of sp³-hybridized carbons (Fsp3) is 0. The van der Waals surface area contributed by atoms with Crippen molar-refractivity contribution in [2.45, 2.75) is 0 Å². The first kappa shape index (κ1) is 14.1. The van der Waals surface area contributed by atoms with Gasteiger partial charge in [-0.1, -0.05) is 18.2 Å². The average molecular weight is 314 g/mol. The van der Waals surface area contributed by atoms with Crippen LogP contribution >= 0.6 is 0 Å². The zero-order valence-corrected chi connectivity index (χ0v) is 12.7. The highest BCUT2D eigenvalue weighted by molar-refractivity contribution is 5.68. The van der Waals surface area contributed by atoms with Gasteiger partial charge < -0.3 is 5.32 Å². The summed E-state index contributed by atoms with van der Waals surface area (Å²) in [6.45, 7) is 0. The van der Waals surface area contributed by atoms with Crippen molar-refractivity contribution in [3.63, 3.8) is 0 Å². The van der Waals surface area contributed by atoms with Crippen LogP contribution in [-0.4, -0.2) is 25.0 Å². The number of rotatable bonds is 4. The molecule has 6 heteroatoms. The fourth-order valence-electron chi connectivity index (χ4n) is 2.34. The van der Waals surface area contributed by atoms with Crippen molar-refractivity contribution >= 4 is 11.4 Å². The number of nitrogens with one attached hydrogen (secondary N) is 1. The summed E-state index contributed by atoms with van der Waals surface area (Å²) < 4.78 is 0. The van der Waals surface area contributed by atoms with Crippen LogP contribution in [0.2, 0.25) is 0 Å². The summed E-state index contributed by atoms with van der Waals surface area (Å²) in [5.74, 6) is 0.688. The third-order valence-corrected chi connectivity index (χ3v) is 3.45. The third-order valence-electron chi connectivity index (χ3n) is 3.45. The molecule has 6 nitrogen and oxygen atoms in total. The first-order chi connectivity index (χ1) is 11.9. The number of hydrogen-bond donors (Lipinski definition) is 1. The summed E-state index contributed by atoms with van der Waals surface area (Å²) in [4.78, 5) is 9.88. The Hall–Kier alpha value is -3.54. The molecule has 0 spiro atoms. The van der Waals surface area contributed by atoms with Crippen molar-refractivity contribution in [3.8, 4) is 17.1 Å². The first-order valence-electron chi connectivity index (χ1n) is 7.50. The van der Waals surface area contributed by atoms with Crippen LogP contribution < -0.4 is 5.32 Å². The smallest absolute Gasteiger partial charge is 0.174 e. The largest absolute Gasteiger partial charge is 0.354 e. The van der Waals surface area contributed by atoms with Crippen LogP contribution in [-0.2, 0) is 0 Å². The molecule has 0 atom stereocenters. The lowest BCUT2D eigenvalue weighted by molar-refractivity contribution is 0.731. The highest BCUT2D eigenvalue weighted by atomic mass is 15.5. The Morgan fingerprint density at radius 3 is 2.62 bits per heavy atom. The lowest BCUT2D eigenvalue weighted by Gasteiger charge is -2.06. The summed E-state index contributed by atoms with van der Waals surface area (Å²) >= 11 is 0. The van der Waals surface area contributed by atoms with Gasteiger partial charge in [0.1, 0.15) is 5.69 Å². The van der Waals surface area contributed by atoms with E-state index in [2.05, 4.69) is 25.5 Å². The molecule has 0 fully saturated rings. The Morgan fingerprint density at radius 1 is 0.833 bits per heavy atom. The van der Waals surface area contributed by atoms with Gasteiger partial charge in [-0.05, 0) is 36.4 Å². The van der Waals surface area contributed by atoms with Crippen molar-refractivity contribution in [3.05, 3.63) is 79.4 Å². The molecule has 0 unspecified atom stereocenters. The van der Waals surface area contributed by atoms with Gasteiger partial charge in [-0.15, -0.1) is 9.90 Å². The molecule has 24 heavy (non-hydrogen) atoms. The lowest BCUT2D eigenvalue weighted by Crippen LogP contribution is -2.00. The molecule has 0 aliphatic heterocycles.